The van der Waals surface area contributed by atoms with Crippen LogP contribution in [-0.2, 0) is 9.59 Å². The second-order valence-electron chi connectivity index (χ2n) is 3.45. The van der Waals surface area contributed by atoms with Gasteiger partial charge in [0.2, 0.25) is 5.91 Å². The lowest BCUT2D eigenvalue weighted by Crippen LogP contribution is -2.35. The maximum Gasteiger partial charge on any atom is 0.331 e. The fourth-order valence-corrected chi connectivity index (χ4v) is 1.79. The first-order valence-corrected chi connectivity index (χ1v) is 5.47. The third-order valence-corrected chi connectivity index (χ3v) is 2.82. The smallest absolute Gasteiger partial charge is 0.331 e. The number of nitrogens with one attached hydrogen (secondary N) is 1. The fourth-order valence-electron chi connectivity index (χ4n) is 1.02. The van der Waals surface area contributed by atoms with Crippen molar-refractivity contribution >= 4 is 23.2 Å². The maximum absolute atomic E-state index is 11.4. The zero-order chi connectivity index (χ0) is 11.4. The lowest BCUT2D eigenvalue weighted by atomic mass is 10.1. The highest BCUT2D eigenvalue weighted by molar-refractivity contribution is 7.10. The monoisotopic (exact) mass is 227 g/mol. The molecule has 0 saturated carbocycles. The molecule has 15 heavy (non-hydrogen) atoms. The predicted molar refractivity (Wildman–Crippen MR) is 57.7 cm³/mol. The van der Waals surface area contributed by atoms with E-state index in [2.05, 4.69) is 5.32 Å². The molecule has 1 heterocycles. The van der Waals surface area contributed by atoms with Crippen LogP contribution in [-0.4, -0.2) is 17.0 Å². The van der Waals surface area contributed by atoms with Crippen LogP contribution < -0.4 is 5.32 Å². The van der Waals surface area contributed by atoms with Gasteiger partial charge in [0.25, 0.3) is 0 Å². The highest BCUT2D eigenvalue weighted by Gasteiger charge is 2.23. The molecule has 82 valence electrons. The lowest BCUT2D eigenvalue weighted by molar-refractivity contribution is -0.142. The molecule has 0 radical (unpaired) electrons. The molecule has 0 bridgehead atoms. The molecular weight excluding hydrogens is 214 g/mol. The van der Waals surface area contributed by atoms with Gasteiger partial charge in [-0.3, -0.25) is 4.79 Å². The van der Waals surface area contributed by atoms with Crippen molar-refractivity contribution in [2.75, 3.05) is 0 Å². The van der Waals surface area contributed by atoms with Gasteiger partial charge < -0.3 is 10.4 Å². The van der Waals surface area contributed by atoms with Crippen molar-refractivity contribution in [3.05, 3.63) is 22.4 Å². The average molecular weight is 227 g/mol. The maximum atomic E-state index is 11.4. The van der Waals surface area contributed by atoms with Gasteiger partial charge in [-0.1, -0.05) is 19.9 Å². The van der Waals surface area contributed by atoms with Crippen molar-refractivity contribution in [2.24, 2.45) is 5.92 Å². The Morgan fingerprint density at radius 2 is 2.13 bits per heavy atom. The molecule has 0 aromatic carbocycles. The Kier molecular flexibility index (Phi) is 3.85. The minimum Gasteiger partial charge on any atom is -0.479 e. The highest BCUT2D eigenvalue weighted by atomic mass is 32.1. The zero-order valence-corrected chi connectivity index (χ0v) is 9.38. The third kappa shape index (κ3) is 3.06. The Bertz CT molecular complexity index is 346. The van der Waals surface area contributed by atoms with Crippen molar-refractivity contribution in [2.45, 2.75) is 19.9 Å². The summed E-state index contributed by atoms with van der Waals surface area (Å²) in [6.45, 7) is 3.45. The van der Waals surface area contributed by atoms with Gasteiger partial charge in [0.05, 0.1) is 0 Å². The Morgan fingerprint density at radius 1 is 1.47 bits per heavy atom. The lowest BCUT2D eigenvalue weighted by Gasteiger charge is -2.14. The molecule has 0 fully saturated rings. The molecule has 0 aliphatic rings. The molecule has 1 unspecified atom stereocenters. The summed E-state index contributed by atoms with van der Waals surface area (Å²) in [7, 11) is 0. The van der Waals surface area contributed by atoms with E-state index in [0.717, 1.165) is 0 Å². The average Bonchev–Trinajstić information content (AvgIpc) is 2.65. The Hall–Kier alpha value is -1.36. The molecule has 1 aromatic heterocycles. The third-order valence-electron chi connectivity index (χ3n) is 1.89. The van der Waals surface area contributed by atoms with Crippen molar-refractivity contribution in [1.29, 1.82) is 0 Å². The first-order chi connectivity index (χ1) is 7.02. The van der Waals surface area contributed by atoms with E-state index in [1.807, 2.05) is 0 Å². The number of thiophene rings is 1. The van der Waals surface area contributed by atoms with Crippen LogP contribution in [0, 0.1) is 5.92 Å². The van der Waals surface area contributed by atoms with Crippen molar-refractivity contribution in [3.63, 3.8) is 0 Å². The van der Waals surface area contributed by atoms with Gasteiger partial charge in [-0.2, -0.15) is 0 Å². The molecule has 1 rings (SSSR count). The standard InChI is InChI=1S/C10H13NO3S/c1-6(2)9(12)11-8(10(13)14)7-4-3-5-15-7/h3-6,8H,1-2H3,(H,11,12)(H,13,14). The largest absolute Gasteiger partial charge is 0.479 e. The number of carbonyl (C=O) groups excluding carboxylic acids is 1. The van der Waals surface area contributed by atoms with Crippen LogP contribution in [0.5, 0.6) is 0 Å². The topological polar surface area (TPSA) is 66.4 Å². The molecule has 2 N–H and O–H groups in total. The van der Waals surface area contributed by atoms with Gasteiger partial charge in [0.15, 0.2) is 6.04 Å². The normalized spacial score (nSPS) is 12.5. The van der Waals surface area contributed by atoms with E-state index in [1.165, 1.54) is 11.3 Å². The van der Waals surface area contributed by atoms with Crippen LogP contribution in [0.25, 0.3) is 0 Å². The minimum absolute atomic E-state index is 0.216. The van der Waals surface area contributed by atoms with E-state index in [0.29, 0.717) is 4.88 Å². The first-order valence-electron chi connectivity index (χ1n) is 4.59. The van der Waals surface area contributed by atoms with Gasteiger partial charge in [0, 0.05) is 10.8 Å². The van der Waals surface area contributed by atoms with E-state index >= 15 is 0 Å². The Balaban J connectivity index is 2.77. The summed E-state index contributed by atoms with van der Waals surface area (Å²) in [5.41, 5.74) is 0. The van der Waals surface area contributed by atoms with Crippen LogP contribution in [0.2, 0.25) is 0 Å². The van der Waals surface area contributed by atoms with Crippen molar-refractivity contribution in [3.8, 4) is 0 Å². The number of hydrogen-bond acceptors (Lipinski definition) is 3. The van der Waals surface area contributed by atoms with Gasteiger partial charge in [0.1, 0.15) is 0 Å². The summed E-state index contributed by atoms with van der Waals surface area (Å²) in [5.74, 6) is -1.51. The molecule has 1 atom stereocenters. The minimum atomic E-state index is -1.04. The van der Waals surface area contributed by atoms with Crippen LogP contribution in [0.15, 0.2) is 17.5 Å². The van der Waals surface area contributed by atoms with Gasteiger partial charge >= 0.3 is 5.97 Å². The highest BCUT2D eigenvalue weighted by Crippen LogP contribution is 2.19. The number of amides is 1. The number of carbonyl (C=O) groups is 2. The van der Waals surface area contributed by atoms with Crippen molar-refractivity contribution in [1.82, 2.24) is 5.32 Å². The molecule has 0 saturated heterocycles. The van der Waals surface area contributed by atoms with Crippen LogP contribution in [0.4, 0.5) is 0 Å². The van der Waals surface area contributed by atoms with E-state index in [-0.39, 0.29) is 11.8 Å². The molecule has 4 nitrogen and oxygen atoms in total. The SMILES string of the molecule is CC(C)C(=O)NC(C(=O)O)c1cccs1. The summed E-state index contributed by atoms with van der Waals surface area (Å²) in [4.78, 5) is 23.0. The summed E-state index contributed by atoms with van der Waals surface area (Å²) < 4.78 is 0. The number of carboxylic acid groups (broad SMARTS) is 1. The van der Waals surface area contributed by atoms with Crippen LogP contribution >= 0.6 is 11.3 Å². The molecule has 0 aliphatic carbocycles. The first kappa shape index (κ1) is 11.7. The second-order valence-corrected chi connectivity index (χ2v) is 4.43. The predicted octanol–water partition coefficient (Wildman–Crippen LogP) is 1.65. The molecule has 1 aromatic rings. The van der Waals surface area contributed by atoms with Crippen LogP contribution in [0.1, 0.15) is 24.8 Å². The van der Waals surface area contributed by atoms with E-state index in [9.17, 15) is 9.59 Å². The number of aliphatic carboxylic acids is 1. The van der Waals surface area contributed by atoms with E-state index in [1.54, 1.807) is 31.4 Å². The summed E-state index contributed by atoms with van der Waals surface area (Å²) in [6.07, 6.45) is 0. The number of rotatable bonds is 4. The van der Waals surface area contributed by atoms with Gasteiger partial charge in [-0.15, -0.1) is 11.3 Å². The number of hydrogen-bond donors (Lipinski definition) is 2. The molecule has 0 aliphatic heterocycles. The summed E-state index contributed by atoms with van der Waals surface area (Å²) in [6, 6.07) is 2.53. The molecule has 1 amide bonds. The zero-order valence-electron chi connectivity index (χ0n) is 8.56. The molecule has 0 spiro atoms. The van der Waals surface area contributed by atoms with Crippen molar-refractivity contribution < 1.29 is 14.7 Å². The van der Waals surface area contributed by atoms with Crippen LogP contribution in [0.3, 0.4) is 0 Å². The Morgan fingerprint density at radius 3 is 2.53 bits per heavy atom. The second kappa shape index (κ2) is 4.93. The van der Waals surface area contributed by atoms with E-state index in [4.69, 9.17) is 5.11 Å². The summed E-state index contributed by atoms with van der Waals surface area (Å²) in [5, 5.41) is 13.2. The molecular formula is C10H13NO3S. The fraction of sp³-hybridized carbons (Fsp3) is 0.400. The van der Waals surface area contributed by atoms with E-state index < -0.39 is 12.0 Å². The van der Waals surface area contributed by atoms with Gasteiger partial charge in [-0.05, 0) is 11.4 Å². The Labute approximate surface area is 91.9 Å². The summed E-state index contributed by atoms with van der Waals surface area (Å²) >= 11 is 1.32. The molecule has 5 heteroatoms. The quantitative estimate of drug-likeness (QED) is 0.821. The van der Waals surface area contributed by atoms with Gasteiger partial charge in [-0.25, -0.2) is 4.79 Å². The number of carboxylic acids is 1.